The van der Waals surface area contributed by atoms with Crippen molar-refractivity contribution in [1.29, 1.82) is 0 Å². The maximum absolute atomic E-state index is 11.5. The molecule has 0 aromatic rings. The molecule has 1 heterocycles. The molecule has 0 bridgehead atoms. The third-order valence-electron chi connectivity index (χ3n) is 2.34. The number of hydrogen-bond acceptors (Lipinski definition) is 5. The van der Waals surface area contributed by atoms with E-state index in [1.807, 2.05) is 0 Å². The van der Waals surface area contributed by atoms with Gasteiger partial charge in [0.2, 0.25) is 5.91 Å². The van der Waals surface area contributed by atoms with Gasteiger partial charge in [0.15, 0.2) is 10.9 Å². The highest BCUT2D eigenvalue weighted by molar-refractivity contribution is 7.94. The molecule has 0 aromatic heterocycles. The van der Waals surface area contributed by atoms with Gasteiger partial charge in [0.25, 0.3) is 15.9 Å². The van der Waals surface area contributed by atoms with Crippen molar-refractivity contribution in [2.75, 3.05) is 6.54 Å². The summed E-state index contributed by atoms with van der Waals surface area (Å²) < 4.78 is 21.9. The summed E-state index contributed by atoms with van der Waals surface area (Å²) in [5.41, 5.74) is 4.74. The lowest BCUT2D eigenvalue weighted by molar-refractivity contribution is -0.135. The summed E-state index contributed by atoms with van der Waals surface area (Å²) in [7, 11) is -3.76. The summed E-state index contributed by atoms with van der Waals surface area (Å²) in [4.78, 5) is 21.8. The van der Waals surface area contributed by atoms with Gasteiger partial charge < -0.3 is 10.8 Å². The smallest absolute Gasteiger partial charge is 0.258 e. The van der Waals surface area contributed by atoms with Crippen LogP contribution < -0.4 is 5.73 Å². The van der Waals surface area contributed by atoms with Crippen molar-refractivity contribution in [1.82, 2.24) is 4.31 Å². The van der Waals surface area contributed by atoms with Gasteiger partial charge in [0.1, 0.15) is 0 Å². The van der Waals surface area contributed by atoms with Gasteiger partial charge in [-0.1, -0.05) is 0 Å². The Balaban J connectivity index is 2.85. The zero-order valence-electron chi connectivity index (χ0n) is 8.30. The van der Waals surface area contributed by atoms with Crippen LogP contribution in [0.25, 0.3) is 0 Å². The molecule has 1 aliphatic heterocycles. The third-order valence-corrected chi connectivity index (χ3v) is 4.70. The third kappa shape index (κ3) is 1.49. The van der Waals surface area contributed by atoms with E-state index < -0.39 is 39.2 Å². The molecular formula is C7H12N2O5S. The lowest BCUT2D eigenvalue weighted by atomic mass is 10.2. The van der Waals surface area contributed by atoms with E-state index in [0.717, 1.165) is 0 Å². The van der Waals surface area contributed by atoms with Crippen molar-refractivity contribution in [3.8, 4) is 0 Å². The monoisotopic (exact) mass is 236 g/mol. The van der Waals surface area contributed by atoms with Crippen molar-refractivity contribution in [2.24, 2.45) is 5.73 Å². The quantitative estimate of drug-likeness (QED) is 0.575. The number of primary amides is 1. The molecule has 1 aliphatic rings. The molecule has 0 radical (unpaired) electrons. The predicted molar refractivity (Wildman–Crippen MR) is 49.9 cm³/mol. The Morgan fingerprint density at radius 2 is 2.07 bits per heavy atom. The van der Waals surface area contributed by atoms with Crippen LogP contribution in [-0.2, 0) is 19.6 Å². The standard InChI is InChI=1S/C7H12N2O5S/c1-7(2)6(12)9(15(7,13)14)3-4(10)5(8)11/h4,10H,3H2,1-2H3,(H2,8,11). The fourth-order valence-electron chi connectivity index (χ4n) is 1.18. The Morgan fingerprint density at radius 3 is 2.40 bits per heavy atom. The number of carbonyl (C=O) groups is 2. The minimum absolute atomic E-state index is 0.461. The zero-order chi connectivity index (χ0) is 12.0. The second-order valence-electron chi connectivity index (χ2n) is 3.77. The van der Waals surface area contributed by atoms with E-state index in [4.69, 9.17) is 10.8 Å². The molecule has 0 spiro atoms. The van der Waals surface area contributed by atoms with E-state index in [1.54, 1.807) is 0 Å². The highest BCUT2D eigenvalue weighted by atomic mass is 32.2. The fourth-order valence-corrected chi connectivity index (χ4v) is 2.72. The Labute approximate surface area is 86.9 Å². The van der Waals surface area contributed by atoms with E-state index in [1.165, 1.54) is 13.8 Å². The molecule has 86 valence electrons. The number of nitrogens with zero attached hydrogens (tertiary/aromatic N) is 1. The van der Waals surface area contributed by atoms with E-state index >= 15 is 0 Å². The topological polar surface area (TPSA) is 118 Å². The molecule has 0 aromatic carbocycles. The SMILES string of the molecule is CC1(C)C(=O)N(CC(O)C(N)=O)S1(=O)=O. The molecule has 1 rings (SSSR count). The second kappa shape index (κ2) is 3.17. The number of aliphatic hydroxyl groups is 1. The molecule has 3 N–H and O–H groups in total. The number of aliphatic hydroxyl groups excluding tert-OH is 1. The number of β-amino-alcohol motifs (C(OH)–C–C–N with tert-alkyl or cyclic N) is 1. The number of sulfonamides is 1. The molecule has 2 amide bonds. The summed E-state index contributed by atoms with van der Waals surface area (Å²) >= 11 is 0. The predicted octanol–water partition coefficient (Wildman–Crippen LogP) is -2.22. The highest BCUT2D eigenvalue weighted by Crippen LogP contribution is 2.34. The molecule has 1 unspecified atom stereocenters. The first-order valence-electron chi connectivity index (χ1n) is 4.16. The summed E-state index contributed by atoms with van der Waals surface area (Å²) in [6, 6.07) is 0. The fraction of sp³-hybridized carbons (Fsp3) is 0.714. The van der Waals surface area contributed by atoms with E-state index in [-0.39, 0.29) is 0 Å². The maximum atomic E-state index is 11.5. The Kier molecular flexibility index (Phi) is 2.52. The summed E-state index contributed by atoms with van der Waals surface area (Å²) in [6.45, 7) is 1.91. The Bertz CT molecular complexity index is 413. The maximum Gasteiger partial charge on any atom is 0.258 e. The minimum Gasteiger partial charge on any atom is -0.381 e. The van der Waals surface area contributed by atoms with Crippen molar-refractivity contribution in [3.63, 3.8) is 0 Å². The molecule has 1 fully saturated rings. The molecule has 1 atom stereocenters. The average Bonchev–Trinajstić information content (AvgIpc) is 2.11. The van der Waals surface area contributed by atoms with Gasteiger partial charge in [-0.2, -0.15) is 0 Å². The van der Waals surface area contributed by atoms with Crippen molar-refractivity contribution < 1.29 is 23.1 Å². The molecule has 8 heteroatoms. The van der Waals surface area contributed by atoms with Crippen LogP contribution in [0.15, 0.2) is 0 Å². The van der Waals surface area contributed by atoms with Gasteiger partial charge in [-0.3, -0.25) is 9.59 Å². The van der Waals surface area contributed by atoms with Crippen molar-refractivity contribution in [2.45, 2.75) is 24.7 Å². The zero-order valence-corrected chi connectivity index (χ0v) is 9.11. The van der Waals surface area contributed by atoms with Crippen molar-refractivity contribution >= 4 is 21.8 Å². The minimum atomic E-state index is -3.76. The van der Waals surface area contributed by atoms with E-state index in [2.05, 4.69) is 0 Å². The molecule has 0 aliphatic carbocycles. The number of rotatable bonds is 3. The van der Waals surface area contributed by atoms with Gasteiger partial charge in [-0.25, -0.2) is 12.7 Å². The number of carbonyl (C=O) groups excluding carboxylic acids is 2. The summed E-state index contributed by atoms with van der Waals surface area (Å²) in [6.07, 6.45) is -1.67. The van der Waals surface area contributed by atoms with Gasteiger partial charge >= 0.3 is 0 Å². The van der Waals surface area contributed by atoms with Crippen LogP contribution in [0.1, 0.15) is 13.8 Å². The van der Waals surface area contributed by atoms with Crippen LogP contribution >= 0.6 is 0 Å². The Hall–Kier alpha value is -1.15. The molecule has 7 nitrogen and oxygen atoms in total. The van der Waals surface area contributed by atoms with Gasteiger partial charge in [-0.05, 0) is 13.8 Å². The molecule has 1 saturated heterocycles. The highest BCUT2D eigenvalue weighted by Gasteiger charge is 2.60. The van der Waals surface area contributed by atoms with E-state index in [9.17, 15) is 18.0 Å². The van der Waals surface area contributed by atoms with Crippen LogP contribution in [-0.4, -0.2) is 47.0 Å². The number of nitrogens with two attached hydrogens (primary N) is 1. The molecular weight excluding hydrogens is 224 g/mol. The molecule has 0 saturated carbocycles. The van der Waals surface area contributed by atoms with Crippen molar-refractivity contribution in [3.05, 3.63) is 0 Å². The summed E-state index contributed by atoms with van der Waals surface area (Å²) in [5.74, 6) is -1.72. The number of amides is 2. The van der Waals surface area contributed by atoms with Crippen LogP contribution in [0.3, 0.4) is 0 Å². The first-order chi connectivity index (χ1) is 6.62. The van der Waals surface area contributed by atoms with Crippen LogP contribution in [0.4, 0.5) is 0 Å². The first-order valence-corrected chi connectivity index (χ1v) is 5.60. The van der Waals surface area contributed by atoms with Gasteiger partial charge in [0.05, 0.1) is 6.54 Å². The largest absolute Gasteiger partial charge is 0.381 e. The lowest BCUT2D eigenvalue weighted by Gasteiger charge is -2.43. The first kappa shape index (κ1) is 11.9. The summed E-state index contributed by atoms with van der Waals surface area (Å²) in [5, 5.41) is 9.05. The average molecular weight is 236 g/mol. The van der Waals surface area contributed by atoms with Crippen LogP contribution in [0.2, 0.25) is 0 Å². The van der Waals surface area contributed by atoms with Gasteiger partial charge in [-0.15, -0.1) is 0 Å². The Morgan fingerprint density at radius 1 is 1.60 bits per heavy atom. The number of hydrogen-bond donors (Lipinski definition) is 2. The van der Waals surface area contributed by atoms with E-state index in [0.29, 0.717) is 4.31 Å². The normalized spacial score (nSPS) is 24.5. The second-order valence-corrected chi connectivity index (χ2v) is 6.18. The van der Waals surface area contributed by atoms with Crippen LogP contribution in [0.5, 0.6) is 0 Å². The lowest BCUT2D eigenvalue weighted by Crippen LogP contribution is -2.68. The van der Waals surface area contributed by atoms with Gasteiger partial charge in [0, 0.05) is 0 Å². The van der Waals surface area contributed by atoms with Crippen LogP contribution in [0, 0.1) is 0 Å². The molecule has 15 heavy (non-hydrogen) atoms.